The first kappa shape index (κ1) is 10.2. The monoisotopic (exact) mass is 268 g/mol. The Balaban J connectivity index is 2.41. The van der Waals surface area contributed by atoms with Gasteiger partial charge in [-0.05, 0) is 35.0 Å². The van der Waals surface area contributed by atoms with Crippen molar-refractivity contribution < 1.29 is 9.21 Å². The number of hydrogen-bond acceptors (Lipinski definition) is 3. The molecule has 0 unspecified atom stereocenters. The van der Waals surface area contributed by atoms with Gasteiger partial charge in [-0.25, -0.2) is 4.98 Å². The highest BCUT2D eigenvalue weighted by Gasteiger charge is 2.17. The van der Waals surface area contributed by atoms with E-state index in [-0.39, 0.29) is 5.78 Å². The van der Waals surface area contributed by atoms with E-state index in [4.69, 9.17) is 4.42 Å². The van der Waals surface area contributed by atoms with Crippen LogP contribution in [0.3, 0.4) is 0 Å². The lowest BCUT2D eigenvalue weighted by Gasteiger charge is -1.99. The van der Waals surface area contributed by atoms with Gasteiger partial charge in [0, 0.05) is 7.05 Å². The van der Waals surface area contributed by atoms with Crippen LogP contribution in [0.1, 0.15) is 22.1 Å². The lowest BCUT2D eigenvalue weighted by molar-refractivity contribution is 0.1000. The fraction of sp³-hybridized carbons (Fsp3) is 0.200. The van der Waals surface area contributed by atoms with E-state index in [1.54, 1.807) is 29.9 Å². The molecule has 0 aliphatic carbocycles. The van der Waals surface area contributed by atoms with Crippen molar-refractivity contribution in [1.29, 1.82) is 0 Å². The van der Waals surface area contributed by atoms with Crippen molar-refractivity contribution in [1.82, 2.24) is 9.55 Å². The molecule has 5 heteroatoms. The minimum absolute atomic E-state index is 0.163. The molecule has 2 heterocycles. The Labute approximate surface area is 95.0 Å². The number of carbonyl (C=O) groups is 1. The Hall–Kier alpha value is -1.36. The van der Waals surface area contributed by atoms with Crippen molar-refractivity contribution in [2.24, 2.45) is 7.05 Å². The highest BCUT2D eigenvalue weighted by atomic mass is 79.9. The summed E-state index contributed by atoms with van der Waals surface area (Å²) in [6, 6.07) is 3.32. The second kappa shape index (κ2) is 3.66. The van der Waals surface area contributed by atoms with Crippen molar-refractivity contribution >= 4 is 21.7 Å². The summed E-state index contributed by atoms with van der Waals surface area (Å²) in [6.45, 7) is 1.84. The molecule has 2 rings (SSSR count). The Morgan fingerprint density at radius 3 is 2.73 bits per heavy atom. The lowest BCUT2D eigenvalue weighted by atomic mass is 10.2. The number of hydrogen-bond donors (Lipinski definition) is 0. The van der Waals surface area contributed by atoms with Gasteiger partial charge in [-0.1, -0.05) is 0 Å². The largest absolute Gasteiger partial charge is 0.446 e. The normalized spacial score (nSPS) is 10.6. The average molecular weight is 269 g/mol. The van der Waals surface area contributed by atoms with Crippen LogP contribution in [0.2, 0.25) is 0 Å². The Bertz CT molecular complexity index is 513. The molecular formula is C10H9BrN2O2. The number of aromatic nitrogens is 2. The SMILES string of the molecule is Cc1ncc(C(=O)c2ccc(Br)o2)n1C. The highest BCUT2D eigenvalue weighted by Crippen LogP contribution is 2.17. The van der Waals surface area contributed by atoms with Crippen LogP contribution in [0.25, 0.3) is 0 Å². The number of ketones is 1. The summed E-state index contributed by atoms with van der Waals surface area (Å²) in [5, 5.41) is 0. The van der Waals surface area contributed by atoms with Crippen molar-refractivity contribution in [2.45, 2.75) is 6.92 Å². The molecule has 2 aromatic rings. The maximum absolute atomic E-state index is 11.9. The summed E-state index contributed by atoms with van der Waals surface area (Å²) >= 11 is 3.16. The number of aryl methyl sites for hydroxylation is 1. The molecule has 4 nitrogen and oxygen atoms in total. The molecule has 78 valence electrons. The van der Waals surface area contributed by atoms with Gasteiger partial charge in [0.25, 0.3) is 0 Å². The Morgan fingerprint density at radius 2 is 2.27 bits per heavy atom. The Morgan fingerprint density at radius 1 is 1.53 bits per heavy atom. The summed E-state index contributed by atoms with van der Waals surface area (Å²) in [5.74, 6) is 0.942. The van der Waals surface area contributed by atoms with Crippen LogP contribution in [0.4, 0.5) is 0 Å². The Kier molecular flexibility index (Phi) is 2.48. The van der Waals surface area contributed by atoms with E-state index in [2.05, 4.69) is 20.9 Å². The van der Waals surface area contributed by atoms with Crippen LogP contribution in [-0.2, 0) is 7.05 Å². The molecule has 0 amide bonds. The quantitative estimate of drug-likeness (QED) is 0.786. The van der Waals surface area contributed by atoms with Crippen LogP contribution in [0.5, 0.6) is 0 Å². The minimum atomic E-state index is -0.163. The van der Waals surface area contributed by atoms with Crippen molar-refractivity contribution in [2.75, 3.05) is 0 Å². The first-order valence-electron chi connectivity index (χ1n) is 4.38. The number of halogens is 1. The summed E-state index contributed by atoms with van der Waals surface area (Å²) < 4.78 is 7.47. The van der Waals surface area contributed by atoms with Crippen molar-refractivity contribution in [3.63, 3.8) is 0 Å². The average Bonchev–Trinajstić information content (AvgIpc) is 2.75. The third kappa shape index (κ3) is 1.74. The predicted octanol–water partition coefficient (Wildman–Crippen LogP) is 2.32. The van der Waals surface area contributed by atoms with Gasteiger partial charge in [-0.2, -0.15) is 0 Å². The van der Waals surface area contributed by atoms with E-state index in [0.717, 1.165) is 5.82 Å². The molecule has 2 aromatic heterocycles. The highest BCUT2D eigenvalue weighted by molar-refractivity contribution is 9.10. The molecule has 0 spiro atoms. The van der Waals surface area contributed by atoms with Crippen LogP contribution in [0.15, 0.2) is 27.4 Å². The molecule has 0 aromatic carbocycles. The van der Waals surface area contributed by atoms with Gasteiger partial charge >= 0.3 is 0 Å². The summed E-state index contributed by atoms with van der Waals surface area (Å²) in [4.78, 5) is 16.0. The molecule has 0 N–H and O–H groups in total. The van der Waals surface area contributed by atoms with E-state index in [1.165, 1.54) is 0 Å². The molecule has 0 aliphatic rings. The zero-order chi connectivity index (χ0) is 11.0. The maximum Gasteiger partial charge on any atom is 0.246 e. The zero-order valence-electron chi connectivity index (χ0n) is 8.32. The van der Waals surface area contributed by atoms with Crippen LogP contribution in [0, 0.1) is 6.92 Å². The van der Waals surface area contributed by atoms with E-state index < -0.39 is 0 Å². The number of rotatable bonds is 2. The number of furan rings is 1. The van der Waals surface area contributed by atoms with Gasteiger partial charge in [-0.3, -0.25) is 4.79 Å². The van der Waals surface area contributed by atoms with E-state index in [9.17, 15) is 4.79 Å². The minimum Gasteiger partial charge on any atom is -0.446 e. The van der Waals surface area contributed by atoms with Crippen LogP contribution < -0.4 is 0 Å². The fourth-order valence-electron chi connectivity index (χ4n) is 1.28. The first-order chi connectivity index (χ1) is 7.09. The summed E-state index contributed by atoms with van der Waals surface area (Å²) in [6.07, 6.45) is 1.55. The fourth-order valence-corrected chi connectivity index (χ4v) is 1.58. The third-order valence-electron chi connectivity index (χ3n) is 2.25. The van der Waals surface area contributed by atoms with Crippen LogP contribution in [-0.4, -0.2) is 15.3 Å². The number of carbonyl (C=O) groups excluding carboxylic acids is 1. The van der Waals surface area contributed by atoms with Crippen LogP contribution >= 0.6 is 15.9 Å². The first-order valence-corrected chi connectivity index (χ1v) is 5.17. The molecule has 0 radical (unpaired) electrons. The lowest BCUT2D eigenvalue weighted by Crippen LogP contribution is -2.07. The topological polar surface area (TPSA) is 48.0 Å². The van der Waals surface area contributed by atoms with Gasteiger partial charge in [0.05, 0.1) is 6.20 Å². The standard InChI is InChI=1S/C10H9BrN2O2/c1-6-12-5-7(13(6)2)10(14)8-3-4-9(11)15-8/h3-5H,1-2H3. The molecule has 0 fully saturated rings. The second-order valence-electron chi connectivity index (χ2n) is 3.18. The summed E-state index contributed by atoms with van der Waals surface area (Å²) in [5.41, 5.74) is 0.523. The van der Waals surface area contributed by atoms with Crippen molar-refractivity contribution in [3.05, 3.63) is 40.3 Å². The van der Waals surface area contributed by atoms with Crippen molar-refractivity contribution in [3.8, 4) is 0 Å². The molecule has 0 aliphatic heterocycles. The summed E-state index contributed by atoms with van der Waals surface area (Å²) in [7, 11) is 1.80. The van der Waals surface area contributed by atoms with Gasteiger partial charge in [0.2, 0.25) is 5.78 Å². The van der Waals surface area contributed by atoms with Gasteiger partial charge < -0.3 is 8.98 Å². The van der Waals surface area contributed by atoms with Gasteiger partial charge in [0.1, 0.15) is 11.5 Å². The maximum atomic E-state index is 11.9. The molecule has 0 saturated carbocycles. The van der Waals surface area contributed by atoms with Gasteiger partial charge in [0.15, 0.2) is 10.4 Å². The number of imidazole rings is 1. The molecular weight excluding hydrogens is 260 g/mol. The molecule has 0 bridgehead atoms. The van der Waals surface area contributed by atoms with E-state index in [0.29, 0.717) is 16.1 Å². The van der Waals surface area contributed by atoms with Gasteiger partial charge in [-0.15, -0.1) is 0 Å². The predicted molar refractivity (Wildman–Crippen MR) is 57.8 cm³/mol. The molecule has 0 saturated heterocycles. The smallest absolute Gasteiger partial charge is 0.246 e. The molecule has 0 atom stereocenters. The zero-order valence-corrected chi connectivity index (χ0v) is 9.91. The third-order valence-corrected chi connectivity index (χ3v) is 2.68. The molecule has 15 heavy (non-hydrogen) atoms. The van der Waals surface area contributed by atoms with E-state index >= 15 is 0 Å². The number of nitrogens with zero attached hydrogens (tertiary/aromatic N) is 2. The second-order valence-corrected chi connectivity index (χ2v) is 3.96. The van der Waals surface area contributed by atoms with E-state index in [1.807, 2.05) is 6.92 Å².